The zero-order chi connectivity index (χ0) is 26.3. The summed E-state index contributed by atoms with van der Waals surface area (Å²) < 4.78 is 12.0. The second kappa shape index (κ2) is 10.3. The molecule has 3 fully saturated rings. The summed E-state index contributed by atoms with van der Waals surface area (Å²) >= 11 is 0. The van der Waals surface area contributed by atoms with Crippen LogP contribution in [0.3, 0.4) is 0 Å². The fourth-order valence-corrected chi connectivity index (χ4v) is 6.22. The Morgan fingerprint density at radius 1 is 1.17 bits per heavy atom. The second-order valence-corrected chi connectivity index (χ2v) is 11.7. The third-order valence-electron chi connectivity index (χ3n) is 8.10. The molecule has 0 saturated carbocycles. The van der Waals surface area contributed by atoms with E-state index in [0.29, 0.717) is 13.0 Å². The Balaban J connectivity index is 1.58. The van der Waals surface area contributed by atoms with E-state index in [1.54, 1.807) is 9.80 Å². The van der Waals surface area contributed by atoms with Crippen molar-refractivity contribution in [3.63, 3.8) is 0 Å². The number of amides is 2. The number of benzene rings is 1. The maximum absolute atomic E-state index is 14.1. The van der Waals surface area contributed by atoms with E-state index < -0.39 is 35.6 Å². The van der Waals surface area contributed by atoms with Gasteiger partial charge in [0, 0.05) is 19.1 Å². The van der Waals surface area contributed by atoms with E-state index in [0.717, 1.165) is 37.9 Å². The molecular formula is C28H43N3O5. The molecule has 3 saturated heterocycles. The molecule has 0 bridgehead atoms. The van der Waals surface area contributed by atoms with Crippen LogP contribution in [0, 0.1) is 0 Å². The summed E-state index contributed by atoms with van der Waals surface area (Å²) in [5.74, 6) is -0.122. The van der Waals surface area contributed by atoms with Gasteiger partial charge in [0.25, 0.3) is 5.91 Å². The van der Waals surface area contributed by atoms with Crippen LogP contribution in [-0.4, -0.2) is 86.5 Å². The van der Waals surface area contributed by atoms with Crippen molar-refractivity contribution in [2.24, 2.45) is 0 Å². The Labute approximate surface area is 215 Å². The molecule has 3 aliphatic rings. The van der Waals surface area contributed by atoms with Crippen molar-refractivity contribution in [2.45, 2.75) is 115 Å². The van der Waals surface area contributed by atoms with Gasteiger partial charge in [0.05, 0.1) is 24.8 Å². The van der Waals surface area contributed by atoms with Gasteiger partial charge in [-0.25, -0.2) is 4.79 Å². The number of aliphatic hydroxyl groups is 1. The summed E-state index contributed by atoms with van der Waals surface area (Å²) in [6.07, 6.45) is 1.70. The fraction of sp³-hybridized carbons (Fsp3) is 0.714. The van der Waals surface area contributed by atoms with Gasteiger partial charge < -0.3 is 19.5 Å². The van der Waals surface area contributed by atoms with E-state index in [-0.39, 0.29) is 18.0 Å². The van der Waals surface area contributed by atoms with Crippen LogP contribution in [0.15, 0.2) is 30.3 Å². The Hall–Kier alpha value is -2.16. The molecule has 4 unspecified atom stereocenters. The molecule has 1 N–H and O–H groups in total. The summed E-state index contributed by atoms with van der Waals surface area (Å²) in [6, 6.07) is 9.00. The predicted molar refractivity (Wildman–Crippen MR) is 137 cm³/mol. The van der Waals surface area contributed by atoms with Crippen LogP contribution in [0.5, 0.6) is 0 Å². The molecule has 2 amide bonds. The van der Waals surface area contributed by atoms with E-state index in [4.69, 9.17) is 9.47 Å². The van der Waals surface area contributed by atoms with Crippen molar-refractivity contribution in [3.05, 3.63) is 35.9 Å². The molecule has 36 heavy (non-hydrogen) atoms. The number of hydrogen-bond acceptors (Lipinski definition) is 6. The summed E-state index contributed by atoms with van der Waals surface area (Å²) in [4.78, 5) is 32.8. The Bertz CT molecular complexity index is 929. The molecule has 0 aromatic heterocycles. The second-order valence-electron chi connectivity index (χ2n) is 11.7. The molecule has 0 radical (unpaired) electrons. The highest BCUT2D eigenvalue weighted by Crippen LogP contribution is 2.49. The minimum atomic E-state index is -0.941. The SMILES string of the molecule is CC1CCC2(C(=O)N([C@H](C(O)N3CCCC3)[C@@H](C)OCc3ccccc3)C2C)N1C(=O)OC(C)(C)C. The summed E-state index contributed by atoms with van der Waals surface area (Å²) in [5, 5.41) is 11.5. The summed E-state index contributed by atoms with van der Waals surface area (Å²) in [7, 11) is 0. The molecule has 0 aliphatic carbocycles. The van der Waals surface area contributed by atoms with E-state index >= 15 is 0 Å². The molecule has 1 spiro atoms. The predicted octanol–water partition coefficient (Wildman–Crippen LogP) is 3.76. The molecule has 3 heterocycles. The lowest BCUT2D eigenvalue weighted by molar-refractivity contribution is -0.200. The standard InChI is InChI=1S/C28H43N3O5/c1-19-14-15-28(31(19)26(34)36-27(4,5)6)21(3)30(25(28)33)23(24(32)29-16-10-11-17-29)20(2)35-18-22-12-8-7-9-13-22/h7-9,12-13,19-21,23-24,32H,10-11,14-18H2,1-6H3/t19?,20-,21?,23+,24?,28?/m1/s1. The zero-order valence-corrected chi connectivity index (χ0v) is 22.6. The van der Waals surface area contributed by atoms with Crippen LogP contribution in [0.25, 0.3) is 0 Å². The maximum atomic E-state index is 14.1. The van der Waals surface area contributed by atoms with Crippen LogP contribution in [0.2, 0.25) is 0 Å². The Morgan fingerprint density at radius 3 is 2.39 bits per heavy atom. The first-order valence-electron chi connectivity index (χ1n) is 13.4. The van der Waals surface area contributed by atoms with Gasteiger partial charge in [-0.2, -0.15) is 0 Å². The van der Waals surface area contributed by atoms with Gasteiger partial charge in [-0.15, -0.1) is 0 Å². The van der Waals surface area contributed by atoms with Crippen LogP contribution >= 0.6 is 0 Å². The van der Waals surface area contributed by atoms with Gasteiger partial charge in [0.15, 0.2) is 0 Å². The molecule has 8 heteroatoms. The molecular weight excluding hydrogens is 458 g/mol. The molecule has 1 aromatic rings. The van der Waals surface area contributed by atoms with Crippen molar-refractivity contribution in [2.75, 3.05) is 13.1 Å². The maximum Gasteiger partial charge on any atom is 0.411 e. The van der Waals surface area contributed by atoms with Gasteiger partial charge >= 0.3 is 6.09 Å². The largest absolute Gasteiger partial charge is 0.444 e. The minimum absolute atomic E-state index is 0.0953. The third kappa shape index (κ3) is 4.87. The molecule has 8 nitrogen and oxygen atoms in total. The van der Waals surface area contributed by atoms with E-state index in [1.807, 2.05) is 76.8 Å². The zero-order valence-electron chi connectivity index (χ0n) is 22.6. The minimum Gasteiger partial charge on any atom is -0.444 e. The van der Waals surface area contributed by atoms with Crippen LogP contribution in [-0.2, 0) is 20.9 Å². The highest BCUT2D eigenvalue weighted by atomic mass is 16.6. The van der Waals surface area contributed by atoms with Gasteiger partial charge in [-0.3, -0.25) is 14.6 Å². The van der Waals surface area contributed by atoms with E-state index in [2.05, 4.69) is 0 Å². The summed E-state index contributed by atoms with van der Waals surface area (Å²) in [6.45, 7) is 13.4. The van der Waals surface area contributed by atoms with Gasteiger partial charge in [0.2, 0.25) is 0 Å². The lowest BCUT2D eigenvalue weighted by Crippen LogP contribution is -2.82. The van der Waals surface area contributed by atoms with Crippen LogP contribution < -0.4 is 0 Å². The van der Waals surface area contributed by atoms with E-state index in [9.17, 15) is 14.7 Å². The van der Waals surface area contributed by atoms with Crippen molar-refractivity contribution in [1.29, 1.82) is 0 Å². The molecule has 4 rings (SSSR count). The fourth-order valence-electron chi connectivity index (χ4n) is 6.22. The van der Waals surface area contributed by atoms with Crippen molar-refractivity contribution >= 4 is 12.0 Å². The number of ether oxygens (including phenoxy) is 2. The smallest absolute Gasteiger partial charge is 0.411 e. The van der Waals surface area contributed by atoms with Crippen molar-refractivity contribution < 1.29 is 24.2 Å². The average Bonchev–Trinajstić information content (AvgIpc) is 3.49. The first-order chi connectivity index (χ1) is 17.0. The monoisotopic (exact) mass is 501 g/mol. The first kappa shape index (κ1) is 26.9. The van der Waals surface area contributed by atoms with Gasteiger partial charge in [-0.05, 0) is 72.8 Å². The average molecular weight is 502 g/mol. The molecule has 6 atom stereocenters. The number of carbonyl (C=O) groups excluding carboxylic acids is 2. The number of nitrogens with zero attached hydrogens (tertiary/aromatic N) is 3. The molecule has 3 aliphatic heterocycles. The molecule has 200 valence electrons. The first-order valence-corrected chi connectivity index (χ1v) is 13.4. The number of β-lactam (4-membered cyclic amide) rings is 1. The van der Waals surface area contributed by atoms with Crippen molar-refractivity contribution in [1.82, 2.24) is 14.7 Å². The number of rotatable bonds is 7. The Kier molecular flexibility index (Phi) is 7.70. The third-order valence-corrected chi connectivity index (χ3v) is 8.10. The van der Waals surface area contributed by atoms with E-state index in [1.165, 1.54) is 0 Å². The normalized spacial score (nSPS) is 29.4. The quantitative estimate of drug-likeness (QED) is 0.573. The topological polar surface area (TPSA) is 82.6 Å². The number of hydrogen-bond donors (Lipinski definition) is 1. The number of likely N-dealkylation sites (tertiary alicyclic amines) is 3. The van der Waals surface area contributed by atoms with Gasteiger partial charge in [0.1, 0.15) is 17.4 Å². The number of carbonyl (C=O) groups is 2. The van der Waals surface area contributed by atoms with Crippen LogP contribution in [0.1, 0.15) is 72.8 Å². The van der Waals surface area contributed by atoms with Crippen molar-refractivity contribution in [3.8, 4) is 0 Å². The molecule has 1 aromatic carbocycles. The number of aliphatic hydroxyl groups excluding tert-OH is 1. The Morgan fingerprint density at radius 2 is 1.81 bits per heavy atom. The lowest BCUT2D eigenvalue weighted by atomic mass is 9.75. The lowest BCUT2D eigenvalue weighted by Gasteiger charge is -2.60. The highest BCUT2D eigenvalue weighted by Gasteiger charge is 2.69. The highest BCUT2D eigenvalue weighted by molar-refractivity contribution is 5.98. The summed E-state index contributed by atoms with van der Waals surface area (Å²) in [5.41, 5.74) is -0.548. The van der Waals surface area contributed by atoms with Gasteiger partial charge in [-0.1, -0.05) is 30.3 Å². The van der Waals surface area contributed by atoms with Crippen LogP contribution in [0.4, 0.5) is 4.79 Å².